The summed E-state index contributed by atoms with van der Waals surface area (Å²) in [5.74, 6) is 0.100. The van der Waals surface area contributed by atoms with Crippen LogP contribution in [0.4, 0.5) is 17.3 Å². The topological polar surface area (TPSA) is 148 Å². The minimum atomic E-state index is -3.87. The molecule has 3 aromatic heterocycles. The number of thiophene rings is 1. The van der Waals surface area contributed by atoms with Crippen molar-refractivity contribution in [3.05, 3.63) is 34.7 Å². The molecule has 0 unspecified atom stereocenters. The average Bonchev–Trinajstić information content (AvgIpc) is 3.43. The van der Waals surface area contributed by atoms with Gasteiger partial charge in [0.05, 0.1) is 12.3 Å². The molecule has 0 aliphatic rings. The maximum absolute atomic E-state index is 12.8. The highest BCUT2D eigenvalue weighted by atomic mass is 32.2. The number of aromatic hydroxyl groups is 1. The van der Waals surface area contributed by atoms with Gasteiger partial charge in [0.2, 0.25) is 0 Å². The molecule has 0 spiro atoms. The summed E-state index contributed by atoms with van der Waals surface area (Å²) in [7, 11) is -3.87. The van der Waals surface area contributed by atoms with E-state index in [9.17, 15) is 18.7 Å². The second-order valence-electron chi connectivity index (χ2n) is 8.09. The fourth-order valence-corrected chi connectivity index (χ4v) is 6.00. The summed E-state index contributed by atoms with van der Waals surface area (Å²) >= 11 is 0.852. The van der Waals surface area contributed by atoms with E-state index >= 15 is 0 Å². The van der Waals surface area contributed by atoms with E-state index in [2.05, 4.69) is 15.8 Å². The summed E-state index contributed by atoms with van der Waals surface area (Å²) in [4.78, 5) is 0.139. The first-order valence-corrected chi connectivity index (χ1v) is 12.3. The number of anilines is 3. The van der Waals surface area contributed by atoms with Gasteiger partial charge in [0.15, 0.2) is 15.6 Å². The van der Waals surface area contributed by atoms with Gasteiger partial charge in [-0.3, -0.25) is 5.32 Å². The molecule has 0 aromatic carbocycles. The zero-order chi connectivity index (χ0) is 23.7. The van der Waals surface area contributed by atoms with Crippen molar-refractivity contribution in [2.45, 2.75) is 44.9 Å². The highest BCUT2D eigenvalue weighted by Gasteiger charge is 2.34. The third-order valence-electron chi connectivity index (χ3n) is 4.85. The number of nitrogens with one attached hydrogen (secondary N) is 2. The minimum Gasteiger partial charge on any atom is -0.503 e. The standard InChI is InChI=1S/C19H27N5O6S2/c1-6-23(7-2)32(27,28)18-14(25)12(11-31-18)20-17-16(22-30-24(17)26)21-15(19(3,4)5)13-9-8-10-29-13/h8-11,15,20,25H,6-7H2,1-5H3,(H,21,22)/t15-/m0/s1. The molecule has 0 bridgehead atoms. The van der Waals surface area contributed by atoms with Crippen LogP contribution in [0.5, 0.6) is 5.75 Å². The molecule has 3 rings (SSSR count). The molecule has 1 atom stereocenters. The highest BCUT2D eigenvalue weighted by Crippen LogP contribution is 2.42. The molecule has 0 fully saturated rings. The Morgan fingerprint density at radius 2 is 2.03 bits per heavy atom. The molecule has 0 aliphatic carbocycles. The average molecular weight is 486 g/mol. The summed E-state index contributed by atoms with van der Waals surface area (Å²) in [5.41, 5.74) is -0.279. The van der Waals surface area contributed by atoms with Crippen LogP contribution in [-0.2, 0) is 10.0 Å². The normalized spacial score (nSPS) is 13.4. The van der Waals surface area contributed by atoms with Gasteiger partial charge in [-0.1, -0.05) is 39.5 Å². The van der Waals surface area contributed by atoms with Gasteiger partial charge in [0, 0.05) is 18.5 Å². The lowest BCUT2D eigenvalue weighted by atomic mass is 9.85. The van der Waals surface area contributed by atoms with Crippen LogP contribution in [-0.4, -0.2) is 36.1 Å². The molecule has 0 saturated heterocycles. The van der Waals surface area contributed by atoms with Gasteiger partial charge in [0.25, 0.3) is 15.8 Å². The number of rotatable bonds is 9. The van der Waals surface area contributed by atoms with Crippen LogP contribution in [0, 0.1) is 10.6 Å². The molecule has 0 radical (unpaired) electrons. The second-order valence-corrected chi connectivity index (χ2v) is 11.1. The lowest BCUT2D eigenvalue weighted by Crippen LogP contribution is -2.30. The van der Waals surface area contributed by atoms with Crippen molar-refractivity contribution in [3.63, 3.8) is 0 Å². The van der Waals surface area contributed by atoms with Gasteiger partial charge in [-0.15, -0.1) is 11.3 Å². The molecular weight excluding hydrogens is 458 g/mol. The van der Waals surface area contributed by atoms with Crippen LogP contribution >= 0.6 is 11.3 Å². The van der Waals surface area contributed by atoms with Crippen molar-refractivity contribution in [2.75, 3.05) is 23.7 Å². The number of nitrogens with zero attached hydrogens (tertiary/aromatic N) is 3. The Kier molecular flexibility index (Phi) is 6.72. The van der Waals surface area contributed by atoms with Crippen molar-refractivity contribution in [1.82, 2.24) is 9.46 Å². The Hall–Kier alpha value is -2.77. The molecule has 0 aliphatic heterocycles. The van der Waals surface area contributed by atoms with Crippen molar-refractivity contribution in [3.8, 4) is 5.75 Å². The number of aromatic nitrogens is 2. The Labute approximate surface area is 190 Å². The zero-order valence-electron chi connectivity index (χ0n) is 18.4. The quantitative estimate of drug-likeness (QED) is 0.386. The van der Waals surface area contributed by atoms with E-state index in [1.165, 1.54) is 9.69 Å². The summed E-state index contributed by atoms with van der Waals surface area (Å²) in [6.45, 7) is 9.92. The van der Waals surface area contributed by atoms with E-state index in [1.54, 1.807) is 32.2 Å². The molecule has 3 heterocycles. The van der Waals surface area contributed by atoms with E-state index in [0.717, 1.165) is 11.3 Å². The van der Waals surface area contributed by atoms with Gasteiger partial charge in [-0.25, -0.2) is 8.42 Å². The molecule has 176 valence electrons. The summed E-state index contributed by atoms with van der Waals surface area (Å²) in [5, 5.41) is 33.9. The molecular formula is C19H27N5O6S2. The van der Waals surface area contributed by atoms with Crippen LogP contribution < -0.4 is 15.5 Å². The number of hydrogen-bond donors (Lipinski definition) is 3. The minimum absolute atomic E-state index is 0.0434. The van der Waals surface area contributed by atoms with Gasteiger partial charge in [-0.05, 0) is 22.7 Å². The van der Waals surface area contributed by atoms with Gasteiger partial charge in [0.1, 0.15) is 5.76 Å². The van der Waals surface area contributed by atoms with E-state index in [0.29, 0.717) is 5.76 Å². The third-order valence-corrected chi connectivity index (χ3v) is 8.39. The van der Waals surface area contributed by atoms with E-state index in [-0.39, 0.29) is 51.0 Å². The summed E-state index contributed by atoms with van der Waals surface area (Å²) < 4.78 is 36.8. The third kappa shape index (κ3) is 4.54. The number of furan rings is 1. The Morgan fingerprint density at radius 1 is 1.34 bits per heavy atom. The predicted molar refractivity (Wildman–Crippen MR) is 119 cm³/mol. The van der Waals surface area contributed by atoms with Crippen LogP contribution in [0.25, 0.3) is 0 Å². The highest BCUT2D eigenvalue weighted by molar-refractivity contribution is 7.91. The molecule has 32 heavy (non-hydrogen) atoms. The van der Waals surface area contributed by atoms with Gasteiger partial charge >= 0.3 is 5.82 Å². The summed E-state index contributed by atoms with van der Waals surface area (Å²) in [6.07, 6.45) is 1.55. The lowest BCUT2D eigenvalue weighted by molar-refractivity contribution is -0.790. The predicted octanol–water partition coefficient (Wildman–Crippen LogP) is 3.64. The van der Waals surface area contributed by atoms with Crippen LogP contribution in [0.3, 0.4) is 0 Å². The Morgan fingerprint density at radius 3 is 2.59 bits per heavy atom. The van der Waals surface area contributed by atoms with E-state index < -0.39 is 15.8 Å². The number of hydrogen-bond acceptors (Lipinski definition) is 10. The first kappa shape index (κ1) is 23.9. The molecule has 11 nitrogen and oxygen atoms in total. The Bertz CT molecular complexity index is 1140. The lowest BCUT2D eigenvalue weighted by Gasteiger charge is -2.29. The smallest absolute Gasteiger partial charge is 0.324 e. The van der Waals surface area contributed by atoms with Gasteiger partial charge < -0.3 is 24.7 Å². The monoisotopic (exact) mass is 485 g/mol. The fraction of sp³-hybridized carbons (Fsp3) is 0.474. The molecule has 13 heteroatoms. The van der Waals surface area contributed by atoms with Gasteiger partial charge in [-0.2, -0.15) is 4.31 Å². The molecule has 3 N–H and O–H groups in total. The maximum atomic E-state index is 12.8. The first-order chi connectivity index (χ1) is 15.0. The van der Waals surface area contributed by atoms with Crippen molar-refractivity contribution >= 4 is 38.7 Å². The largest absolute Gasteiger partial charge is 0.503 e. The Balaban J connectivity index is 1.93. The first-order valence-electron chi connectivity index (χ1n) is 9.97. The van der Waals surface area contributed by atoms with Crippen LogP contribution in [0.15, 0.2) is 37.0 Å². The van der Waals surface area contributed by atoms with Crippen LogP contribution in [0.1, 0.15) is 46.4 Å². The maximum Gasteiger partial charge on any atom is 0.324 e. The SMILES string of the molecule is CCN(CC)S(=O)(=O)c1scc(Nc2c(N[C@@H](c3ccco3)C(C)(C)C)no[n+]2[O-])c1O. The zero-order valence-corrected chi connectivity index (χ0v) is 20.1. The fourth-order valence-electron chi connectivity index (χ4n) is 3.17. The molecule has 0 amide bonds. The van der Waals surface area contributed by atoms with Crippen molar-refractivity contribution in [1.29, 1.82) is 0 Å². The molecule has 0 saturated carbocycles. The second kappa shape index (κ2) is 9.00. The van der Waals surface area contributed by atoms with Crippen molar-refractivity contribution < 1.29 is 27.5 Å². The number of sulfonamides is 1. The van der Waals surface area contributed by atoms with Crippen molar-refractivity contribution in [2.24, 2.45) is 5.41 Å². The van der Waals surface area contributed by atoms with E-state index in [1.807, 2.05) is 20.8 Å². The molecule has 3 aromatic rings. The summed E-state index contributed by atoms with van der Waals surface area (Å²) in [6, 6.07) is 3.20. The van der Waals surface area contributed by atoms with E-state index in [4.69, 9.17) is 9.05 Å². The van der Waals surface area contributed by atoms with Crippen LogP contribution in [0.2, 0.25) is 0 Å².